The van der Waals surface area contributed by atoms with Crippen molar-refractivity contribution in [2.24, 2.45) is 5.41 Å². The predicted molar refractivity (Wildman–Crippen MR) is 380 cm³/mol. The Morgan fingerprint density at radius 3 is 1.41 bits per heavy atom. The molecule has 9 heterocycles. The summed E-state index contributed by atoms with van der Waals surface area (Å²) in [6, 6.07) is 6.06. The second-order valence-electron chi connectivity index (χ2n) is 27.8. The Morgan fingerprint density at radius 1 is 0.583 bits per heavy atom. The molecule has 4 aromatic heterocycles. The van der Waals surface area contributed by atoms with Crippen LogP contribution in [0.5, 0.6) is 11.8 Å². The highest BCUT2D eigenvalue weighted by Gasteiger charge is 2.54. The maximum Gasteiger partial charge on any atom is 0.410 e. The van der Waals surface area contributed by atoms with Crippen LogP contribution in [0.3, 0.4) is 0 Å². The third-order valence-electron chi connectivity index (χ3n) is 14.9. The number of nitrogens with two attached hydrogens (primary N) is 2. The number of methoxy groups -OCH3 is 3. The first kappa shape index (κ1) is 87.5. The molecule has 4 aromatic rings. The smallest absolute Gasteiger partial charge is 0.410 e. The van der Waals surface area contributed by atoms with Gasteiger partial charge in [0.05, 0.1) is 68.4 Å². The number of quaternary nitrogens is 1. The number of aliphatic hydroxyl groups is 1. The summed E-state index contributed by atoms with van der Waals surface area (Å²) < 4.78 is 61.8. The minimum Gasteiger partial charge on any atom is -0.630 e. The SMILES string of the molecule is CC(C)(C)OC(=O)N1CCC2(Cc3ncc(Br)cc3NC2=O)C1.COC(=O)C1(O)CCN(C(=O)OC(C)(C)C)C1.COC(=O)C1(Oc2ncc(Br)cc2N)CCN(C(=O)OC(C)(C)C)C1.COC(=O)C1(Oc2ncc(Br)cc2[N+](=O)[O-])CCN(C(=O)OC(C)(C)C)C1.O.[O-][NH2+]c1cc(Br)cnc1F. The molecule has 5 aliphatic heterocycles. The van der Waals surface area contributed by atoms with E-state index in [0.29, 0.717) is 51.4 Å². The van der Waals surface area contributed by atoms with E-state index in [1.54, 1.807) is 79.5 Å². The Hall–Kier alpha value is -7.95. The molecule has 4 fully saturated rings. The van der Waals surface area contributed by atoms with E-state index in [2.05, 4.69) is 93.7 Å². The molecule has 0 saturated carbocycles. The number of hydrogen-bond donors (Lipinski definition) is 4. The highest BCUT2D eigenvalue weighted by Crippen LogP contribution is 2.42. The third-order valence-corrected chi connectivity index (χ3v) is 16.6. The summed E-state index contributed by atoms with van der Waals surface area (Å²) >= 11 is 12.8. The van der Waals surface area contributed by atoms with E-state index < -0.39 is 97.4 Å². The molecular formula is C64H87Br4FN12O22. The standard InChI is InChI=1S/C16H20BrN3O7.C16H22BrN3O5.C16H20BrN3O3.C11H19NO5.C5H4BrFN2O.H2O/c1-15(2,3)27-14(22)19-6-5-16(9-19,13(21)25-4)26-12-11(20(23)24)7-10(17)8-18-12;1-15(2,3)25-14(22)20-6-5-16(9-20,13(21)23-4)24-12-11(18)7-10(17)8-19-12;1-15(2,3)23-14(22)20-5-4-16(9-20)7-12-11(19-13(16)21)6-10(17)8-18-12;1-10(2,3)17-9(14)12-6-5-11(15,7-12)8(13)16-4;6-3-1-4(9-10)5(7)8-2-3;/h7-8H,5-6,9H2,1-4H3;7-8H,5-6,9,18H2,1-4H3;6,8H,4-5,7,9H2,1-3H3,(H,19,21);15H,5-7H2,1-4H3;1-2H,9H2;1H2. The van der Waals surface area contributed by atoms with E-state index in [1.165, 1.54) is 66.8 Å². The van der Waals surface area contributed by atoms with Crippen LogP contribution in [0.15, 0.2) is 66.9 Å². The van der Waals surface area contributed by atoms with Crippen LogP contribution in [-0.2, 0) is 58.8 Å². The van der Waals surface area contributed by atoms with Crippen molar-refractivity contribution in [2.75, 3.05) is 84.7 Å². The van der Waals surface area contributed by atoms with E-state index in [-0.39, 0.29) is 92.6 Å². The van der Waals surface area contributed by atoms with Gasteiger partial charge in [-0.2, -0.15) is 4.39 Å². The number of anilines is 2. The number of rotatable bonds is 9. The quantitative estimate of drug-likeness (QED) is 0.0401. The van der Waals surface area contributed by atoms with Gasteiger partial charge in [-0.1, -0.05) is 0 Å². The predicted octanol–water partition coefficient (Wildman–Crippen LogP) is 8.39. The summed E-state index contributed by atoms with van der Waals surface area (Å²) in [4.78, 5) is 129. The summed E-state index contributed by atoms with van der Waals surface area (Å²) in [6.45, 7) is 22.6. The first-order chi connectivity index (χ1) is 47.1. The number of carbonyl (C=O) groups excluding carboxylic acids is 8. The van der Waals surface area contributed by atoms with Gasteiger partial charge in [-0.3, -0.25) is 19.9 Å². The van der Waals surface area contributed by atoms with Gasteiger partial charge in [0.25, 0.3) is 11.8 Å². The number of fused-ring (bicyclic) bond motifs is 1. The average Bonchev–Trinajstić information content (AvgIpc) is 1.71. The number of β-amino-alcohol motifs (C(OH)–C–C–N with tert-alkyl or cyclic N) is 1. The average molecular weight is 1720 g/mol. The fraction of sp³-hybridized carbons (Fsp3) is 0.562. The van der Waals surface area contributed by atoms with Crippen molar-refractivity contribution >= 4 is 135 Å². The first-order valence-electron chi connectivity index (χ1n) is 31.3. The minimum atomic E-state index is -1.61. The number of nitrogens with one attached hydrogen (secondary N) is 1. The maximum absolute atomic E-state index is 12.6. The summed E-state index contributed by atoms with van der Waals surface area (Å²) in [6.07, 6.45) is 5.47. The number of ether oxygens (including phenoxy) is 9. The molecule has 5 amide bonds. The fourth-order valence-corrected chi connectivity index (χ4v) is 11.6. The Bertz CT molecular complexity index is 3750. The zero-order chi connectivity index (χ0) is 76.9. The van der Waals surface area contributed by atoms with Gasteiger partial charge in [0.15, 0.2) is 11.3 Å². The number of aromatic nitrogens is 4. The molecule has 4 unspecified atom stereocenters. The van der Waals surface area contributed by atoms with Crippen molar-refractivity contribution in [2.45, 2.75) is 154 Å². The van der Waals surface area contributed by atoms with Crippen molar-refractivity contribution in [3.8, 4) is 11.8 Å². The number of esters is 3. The molecule has 0 bridgehead atoms. The van der Waals surface area contributed by atoms with Gasteiger partial charge in [0.1, 0.15) is 22.4 Å². The Kier molecular flexibility index (Phi) is 30.3. The molecule has 570 valence electrons. The molecule has 0 radical (unpaired) electrons. The lowest BCUT2D eigenvalue weighted by molar-refractivity contribution is -0.499. The van der Waals surface area contributed by atoms with Crippen LogP contribution in [0.1, 0.15) is 114 Å². The molecule has 0 aliphatic carbocycles. The lowest BCUT2D eigenvalue weighted by atomic mass is 9.78. The lowest BCUT2D eigenvalue weighted by Crippen LogP contribution is -2.70. The van der Waals surface area contributed by atoms with E-state index in [0.717, 1.165) is 15.9 Å². The van der Waals surface area contributed by atoms with Gasteiger partial charge in [-0.25, -0.2) is 48.5 Å². The van der Waals surface area contributed by atoms with E-state index >= 15 is 0 Å². The minimum absolute atomic E-state index is 0. The second-order valence-corrected chi connectivity index (χ2v) is 31.5. The number of nitrogen functional groups attached to an aromatic ring is 1. The fourth-order valence-electron chi connectivity index (χ4n) is 10.2. The molecule has 4 atom stereocenters. The van der Waals surface area contributed by atoms with E-state index in [1.807, 2.05) is 26.8 Å². The molecule has 8 N–H and O–H groups in total. The number of hydrogen-bond acceptors (Lipinski definition) is 26. The molecule has 1 spiro atoms. The van der Waals surface area contributed by atoms with Crippen molar-refractivity contribution in [3.63, 3.8) is 0 Å². The van der Waals surface area contributed by atoms with E-state index in [4.69, 9.17) is 43.6 Å². The molecule has 34 nitrogen and oxygen atoms in total. The monoisotopic (exact) mass is 1710 g/mol. The summed E-state index contributed by atoms with van der Waals surface area (Å²) in [5.74, 6) is -3.08. The summed E-state index contributed by atoms with van der Waals surface area (Å²) in [7, 11) is 3.64. The topological polar surface area (TPSA) is 457 Å². The highest BCUT2D eigenvalue weighted by molar-refractivity contribution is 9.11. The van der Waals surface area contributed by atoms with Crippen LogP contribution in [-0.4, -0.2) is 216 Å². The molecular weight excluding hydrogens is 1630 g/mol. The number of pyridine rings is 4. The number of amides is 5. The van der Waals surface area contributed by atoms with Gasteiger partial charge in [-0.15, -0.1) is 0 Å². The molecule has 0 aromatic carbocycles. The Balaban J connectivity index is 0.000000280. The number of nitrogens with zero attached hydrogens (tertiary/aromatic N) is 9. The second kappa shape index (κ2) is 35.7. The molecule has 9 rings (SSSR count). The number of halogens is 5. The number of carbonyl (C=O) groups is 8. The molecule has 39 heteroatoms. The Labute approximate surface area is 627 Å². The number of likely N-dealkylation sites (tertiary alicyclic amines) is 4. The largest absolute Gasteiger partial charge is 0.630 e. The van der Waals surface area contributed by atoms with Crippen molar-refractivity contribution in [1.82, 2.24) is 39.5 Å². The van der Waals surface area contributed by atoms with Gasteiger partial charge in [-0.05, 0) is 165 Å². The zero-order valence-electron chi connectivity index (χ0n) is 59.5. The van der Waals surface area contributed by atoms with Crippen LogP contribution in [0.2, 0.25) is 0 Å². The Morgan fingerprint density at radius 2 is 0.971 bits per heavy atom. The van der Waals surface area contributed by atoms with Crippen LogP contribution in [0.25, 0.3) is 0 Å². The van der Waals surface area contributed by atoms with Crippen molar-refractivity contribution < 1.29 is 106 Å². The van der Waals surface area contributed by atoms with Gasteiger partial charge in [0, 0.05) is 113 Å². The van der Waals surface area contributed by atoms with Crippen LogP contribution < -0.4 is 26.0 Å². The van der Waals surface area contributed by atoms with E-state index in [9.17, 15) is 63.2 Å². The third kappa shape index (κ3) is 24.9. The highest BCUT2D eigenvalue weighted by atomic mass is 79.9. The lowest BCUT2D eigenvalue weighted by Gasteiger charge is -2.33. The van der Waals surface area contributed by atoms with Gasteiger partial charge < -0.3 is 94.6 Å². The normalized spacial score (nSPS) is 20.3. The van der Waals surface area contributed by atoms with Crippen molar-refractivity contribution in [3.05, 3.63) is 93.9 Å². The summed E-state index contributed by atoms with van der Waals surface area (Å²) in [5, 5.41) is 34.2. The van der Waals surface area contributed by atoms with Crippen LogP contribution in [0.4, 0.5) is 46.3 Å². The van der Waals surface area contributed by atoms with Crippen LogP contribution in [0, 0.1) is 26.7 Å². The number of nitro groups is 1. The first-order valence-corrected chi connectivity index (χ1v) is 34.5. The summed E-state index contributed by atoms with van der Waals surface area (Å²) in [5.41, 5.74) is 0.0785. The van der Waals surface area contributed by atoms with Crippen molar-refractivity contribution in [1.29, 1.82) is 0 Å². The van der Waals surface area contributed by atoms with Gasteiger partial charge in [0.2, 0.25) is 23.0 Å². The molecule has 5 aliphatic rings. The van der Waals surface area contributed by atoms with Gasteiger partial charge >= 0.3 is 48.0 Å². The van der Waals surface area contributed by atoms with Crippen LogP contribution >= 0.6 is 63.7 Å². The molecule has 103 heavy (non-hydrogen) atoms. The maximum atomic E-state index is 12.6. The molecule has 4 saturated heterocycles. The zero-order valence-corrected chi connectivity index (χ0v) is 65.8.